The molecule has 0 saturated carbocycles. The molecule has 638 valence electrons. The molecule has 12 heterocycles. The first-order valence-electron chi connectivity index (χ1n) is 38.1. The number of nitrogens with one attached hydrogen (secondary N) is 3. The minimum absolute atomic E-state index is 0.138. The van der Waals surface area contributed by atoms with Crippen LogP contribution < -0.4 is 16.7 Å². The van der Waals surface area contributed by atoms with Gasteiger partial charge >= 0.3 is 0 Å². The van der Waals surface area contributed by atoms with Gasteiger partial charge in [0, 0.05) is 178 Å². The molecule has 3 N–H and O–H groups in total. The molecule has 0 fully saturated rings. The summed E-state index contributed by atoms with van der Waals surface area (Å²) in [4.78, 5) is 107. The molecule has 0 spiro atoms. The molecule has 0 aliphatic heterocycles. The van der Waals surface area contributed by atoms with Crippen molar-refractivity contribution < 1.29 is 17.6 Å². The van der Waals surface area contributed by atoms with E-state index in [2.05, 4.69) is 124 Å². The van der Waals surface area contributed by atoms with Crippen LogP contribution in [0.15, 0.2) is 149 Å². The van der Waals surface area contributed by atoms with E-state index in [9.17, 15) is 31.9 Å². The molecule has 0 aliphatic rings. The highest BCUT2D eigenvalue weighted by molar-refractivity contribution is 7.99. The van der Waals surface area contributed by atoms with Crippen LogP contribution in [-0.2, 0) is 84.9 Å². The molecular weight excluding hydrogens is 1750 g/mol. The Kier molecular flexibility index (Phi) is 40.5. The molecule has 21 nitrogen and oxygen atoms in total. The summed E-state index contributed by atoms with van der Waals surface area (Å²) < 4.78 is 53.4. The first kappa shape index (κ1) is 99.3. The van der Waals surface area contributed by atoms with Gasteiger partial charge in [-0.1, -0.05) is 172 Å². The van der Waals surface area contributed by atoms with E-state index in [0.29, 0.717) is 56.1 Å². The van der Waals surface area contributed by atoms with Gasteiger partial charge in [-0.05, 0) is 173 Å². The lowest BCUT2D eigenvalue weighted by atomic mass is 10.0. The topological polar surface area (TPSA) is 292 Å². The standard InChI is InChI=1S/C16H19F2N3OS.C16H21N3S.C14H14ClF2N3OS.C14H16ClN3S.C13H17N3S2.C11H9Cl2N3OS/c1-4-10-7-19-8-11(5-2)12(10)9-23-15-20-13(16(3,17)18)6-14(22)21-15;1-5-13-8-17-9-14(6-2)15(13)10-20-16-18-11(3)7-12(4)19-16;1-3-8-5-18-6-10(15)9(8)7-22-13-19-11(14(2,16)17)4-12(21)20-13;1-4-11-6-16-7-13(15)12(11)8-19-14-17-9(2)5-10(3)18-14;1-8(2)12-11(18-7-14-12)6-17-13-15-9(3)5-10(4)16-13;1-6-4-9(17)16-11(15-6)18-5-7-8(12)2-3-14-10(7)13/h6-8H,4-5,9H2,1-3H3,(H,20,21,22);7-9H,5-6,10H2,1-4H3;4-6H,3,7H2,1-2H3,(H,19,20,21);5-7H,4,8H2,1-3H3;5,7-8H,6H2,1-4H3;2-4H,5H2,1H3,(H,15,16,17). The molecule has 0 amide bonds. The predicted octanol–water partition coefficient (Wildman–Crippen LogP) is 22.4. The van der Waals surface area contributed by atoms with E-state index in [4.69, 9.17) is 46.4 Å². The Bertz CT molecular complexity index is 5440. The zero-order valence-electron chi connectivity index (χ0n) is 69.7. The molecular formula is C84H96Cl4F4N18O3S7. The Morgan fingerprint density at radius 1 is 0.383 bits per heavy atom. The highest BCUT2D eigenvalue weighted by atomic mass is 35.5. The van der Waals surface area contributed by atoms with Gasteiger partial charge in [0.25, 0.3) is 28.5 Å². The second kappa shape index (κ2) is 48.9. The van der Waals surface area contributed by atoms with Gasteiger partial charge in [0.05, 0.1) is 21.2 Å². The number of rotatable bonds is 27. The smallest absolute Gasteiger partial charge is 0.287 e. The minimum Gasteiger partial charge on any atom is -0.301 e. The lowest BCUT2D eigenvalue weighted by molar-refractivity contribution is 0.0112. The Labute approximate surface area is 746 Å². The van der Waals surface area contributed by atoms with Gasteiger partial charge in [0.15, 0.2) is 30.9 Å². The average molecular weight is 1850 g/mol. The van der Waals surface area contributed by atoms with Crippen molar-refractivity contribution in [2.24, 2.45) is 0 Å². The van der Waals surface area contributed by atoms with Crippen LogP contribution in [0.25, 0.3) is 0 Å². The second-order valence-corrected chi connectivity index (χ2v) is 35.5. The van der Waals surface area contributed by atoms with Gasteiger partial charge < -0.3 is 15.0 Å². The lowest BCUT2D eigenvalue weighted by Gasteiger charge is -2.13. The molecule has 120 heavy (non-hydrogen) atoms. The largest absolute Gasteiger partial charge is 0.301 e. The summed E-state index contributed by atoms with van der Waals surface area (Å²) in [5, 5.41) is 5.54. The van der Waals surface area contributed by atoms with Gasteiger partial charge in [-0.2, -0.15) is 17.6 Å². The van der Waals surface area contributed by atoms with Crippen molar-refractivity contribution in [1.82, 2.24) is 89.7 Å². The zero-order chi connectivity index (χ0) is 88.0. The van der Waals surface area contributed by atoms with E-state index in [0.717, 1.165) is 180 Å². The molecule has 0 radical (unpaired) electrons. The zero-order valence-corrected chi connectivity index (χ0v) is 78.4. The third-order valence-electron chi connectivity index (χ3n) is 17.3. The van der Waals surface area contributed by atoms with E-state index in [1.54, 1.807) is 78.2 Å². The Morgan fingerprint density at radius 2 is 0.692 bits per heavy atom. The number of thiazole rings is 1. The van der Waals surface area contributed by atoms with Crippen molar-refractivity contribution in [2.45, 2.75) is 239 Å². The highest BCUT2D eigenvalue weighted by Gasteiger charge is 2.29. The Balaban J connectivity index is 0.000000199. The summed E-state index contributed by atoms with van der Waals surface area (Å²) >= 11 is 34.8. The van der Waals surface area contributed by atoms with Crippen molar-refractivity contribution in [3.05, 3.63) is 278 Å². The fourth-order valence-corrected chi connectivity index (χ4v) is 19.6. The summed E-state index contributed by atoms with van der Waals surface area (Å²) in [7, 11) is 0. The number of thioether (sulfide) groups is 6. The maximum absolute atomic E-state index is 13.4. The Morgan fingerprint density at radius 3 is 1.04 bits per heavy atom. The number of hydrogen-bond acceptors (Lipinski definition) is 25. The number of pyridine rings is 5. The second-order valence-electron chi connectivity index (χ2n) is 27.3. The molecule has 36 heteroatoms. The van der Waals surface area contributed by atoms with Crippen LogP contribution in [0.5, 0.6) is 0 Å². The SMILES string of the molecule is CCc1cncc(CC)c1CSc1nc(C(C)(F)F)cc(=O)[nH]1.CCc1cncc(CC)c1CSc1nc(C)cc(C)n1.CCc1cncc(Cl)c1CSc1nc(C(C)(F)F)cc(=O)[nH]1.CCc1cncc(Cl)c1CSc1nc(C)cc(C)n1.Cc1cc(=O)[nH]c(SCc2c(Cl)ccnc2Cl)n1.Cc1cc(C)nc(SCc2scnc2C(C)C)n1. The molecule has 12 aromatic heterocycles. The quantitative estimate of drug-likeness (QED) is 0.0186. The molecule has 0 atom stereocenters. The van der Waals surface area contributed by atoms with E-state index in [1.807, 2.05) is 117 Å². The van der Waals surface area contributed by atoms with Gasteiger partial charge in [0.1, 0.15) is 16.5 Å². The van der Waals surface area contributed by atoms with Crippen LogP contribution in [0.4, 0.5) is 17.6 Å². The maximum Gasteiger partial charge on any atom is 0.287 e. The van der Waals surface area contributed by atoms with E-state index in [-0.39, 0.29) is 15.9 Å². The van der Waals surface area contributed by atoms with Crippen LogP contribution in [0.3, 0.4) is 0 Å². The maximum atomic E-state index is 13.4. The van der Waals surface area contributed by atoms with Crippen molar-refractivity contribution in [3.63, 3.8) is 0 Å². The lowest BCUT2D eigenvalue weighted by Crippen LogP contribution is -2.17. The van der Waals surface area contributed by atoms with Crippen molar-refractivity contribution >= 4 is 128 Å². The van der Waals surface area contributed by atoms with E-state index < -0.39 is 34.4 Å². The number of halogens is 8. The van der Waals surface area contributed by atoms with Crippen LogP contribution in [0.2, 0.25) is 20.2 Å². The number of H-pyrrole nitrogens is 3. The van der Waals surface area contributed by atoms with Gasteiger partial charge in [-0.25, -0.2) is 54.8 Å². The third kappa shape index (κ3) is 32.2. The fraction of sp³-hybridized carbons (Fsp3) is 0.381. The number of aryl methyl sites for hydroxylation is 13. The number of hydrogen-bond donors (Lipinski definition) is 3. The van der Waals surface area contributed by atoms with Crippen LogP contribution in [0.1, 0.15) is 198 Å². The number of aromatic nitrogens is 18. The summed E-state index contributed by atoms with van der Waals surface area (Å²) in [5.41, 5.74) is 19.8. The molecule has 0 aliphatic carbocycles. The summed E-state index contributed by atoms with van der Waals surface area (Å²) in [6.45, 7) is 32.1. The number of aromatic amines is 3. The van der Waals surface area contributed by atoms with Crippen molar-refractivity contribution in [2.75, 3.05) is 0 Å². The average Bonchev–Trinajstić information content (AvgIpc) is 0.763. The number of nitrogens with zero attached hydrogens (tertiary/aromatic N) is 15. The van der Waals surface area contributed by atoms with Crippen LogP contribution in [0, 0.1) is 48.5 Å². The molecule has 12 rings (SSSR count). The molecule has 0 unspecified atom stereocenters. The monoisotopic (exact) mass is 1840 g/mol. The van der Waals surface area contributed by atoms with Crippen molar-refractivity contribution in [3.8, 4) is 0 Å². The molecule has 12 aromatic rings. The van der Waals surface area contributed by atoms with Crippen LogP contribution >= 0.6 is 128 Å². The minimum atomic E-state index is -3.16. The van der Waals surface area contributed by atoms with E-state index >= 15 is 0 Å². The third-order valence-corrected chi connectivity index (χ3v) is 25.0. The van der Waals surface area contributed by atoms with Crippen molar-refractivity contribution in [1.29, 1.82) is 0 Å². The van der Waals surface area contributed by atoms with Gasteiger partial charge in [-0.15, -0.1) is 11.3 Å². The summed E-state index contributed by atoms with van der Waals surface area (Å²) in [5.74, 6) is -1.77. The van der Waals surface area contributed by atoms with E-state index in [1.165, 1.54) is 68.6 Å². The summed E-state index contributed by atoms with van der Waals surface area (Å²) in [6.07, 6.45) is 21.4. The molecule has 0 saturated heterocycles. The van der Waals surface area contributed by atoms with Gasteiger partial charge in [0.2, 0.25) is 0 Å². The van der Waals surface area contributed by atoms with Crippen LogP contribution in [-0.4, -0.2) is 89.7 Å². The first-order valence-corrected chi connectivity index (χ1v) is 46.5. The predicted molar refractivity (Wildman–Crippen MR) is 484 cm³/mol. The first-order chi connectivity index (χ1) is 57.0. The van der Waals surface area contributed by atoms with Gasteiger partial charge in [-0.3, -0.25) is 34.3 Å². The normalized spacial score (nSPS) is 11.2. The molecule has 0 aromatic carbocycles. The number of alkyl halides is 4. The Hall–Kier alpha value is -7.76. The summed E-state index contributed by atoms with van der Waals surface area (Å²) in [6, 6.07) is 10.7. The highest BCUT2D eigenvalue weighted by Crippen LogP contribution is 2.35. The fourth-order valence-electron chi connectivity index (χ4n) is 11.3. The molecule has 0 bridgehead atoms.